The molecule has 0 bridgehead atoms. The first-order valence-electron chi connectivity index (χ1n) is 28.5. The SMILES string of the molecule is CCSc1cc2c3c(c(SCC)cc4c3c1C(=O)N([C@@H](CCCCNC(=O)[C@H](CSSC(C)(C)C)NC(=O)CC(P(=O)(O)O)P(=O)(O)O)C(=O)NC)C4=O)C(=O)N([C@@H](CCCCNC(=O)[C@H](CSSC(C)(C)C)NC(=O)CC(P(=O)(O)O)P(=O)(O)O)C(=O)NC)C2=O. The Hall–Kier alpha value is -3.50. The number of imide groups is 2. The molecule has 14 N–H and O–H groups in total. The van der Waals surface area contributed by atoms with Crippen LogP contribution in [0, 0.1) is 0 Å². The van der Waals surface area contributed by atoms with Crippen LogP contribution in [-0.4, -0.2) is 203 Å². The number of thioether (sulfide) groups is 2. The second-order valence-electron chi connectivity index (χ2n) is 22.9. The summed E-state index contributed by atoms with van der Waals surface area (Å²) in [6, 6.07) is -2.79. The van der Waals surface area contributed by atoms with Crippen molar-refractivity contribution in [3.8, 4) is 0 Å². The van der Waals surface area contributed by atoms with E-state index in [1.54, 1.807) is 13.8 Å². The summed E-state index contributed by atoms with van der Waals surface area (Å²) in [5.41, 5.74) is -0.332. The maximum Gasteiger partial charge on any atom is 0.341 e. The minimum absolute atomic E-state index is 0.0138. The van der Waals surface area contributed by atoms with Crippen LogP contribution in [0.4, 0.5) is 0 Å². The van der Waals surface area contributed by atoms with Crippen LogP contribution in [0.5, 0.6) is 0 Å². The first kappa shape index (κ1) is 80.9. The van der Waals surface area contributed by atoms with Gasteiger partial charge in [0.2, 0.25) is 35.4 Å². The average molecular weight is 1490 g/mol. The van der Waals surface area contributed by atoms with E-state index in [-0.39, 0.29) is 115 Å². The van der Waals surface area contributed by atoms with Gasteiger partial charge in [-0.2, -0.15) is 0 Å². The van der Waals surface area contributed by atoms with Crippen LogP contribution < -0.4 is 31.9 Å². The molecule has 2 aromatic carbocycles. The molecule has 2 aliphatic rings. The topological polar surface area (TPSA) is 479 Å². The molecular formula is C52H80N8O22P4S6. The summed E-state index contributed by atoms with van der Waals surface area (Å²) < 4.78 is 47.0. The Labute approximate surface area is 556 Å². The number of unbranched alkanes of at least 4 members (excludes halogenated alkanes) is 2. The molecule has 2 heterocycles. The van der Waals surface area contributed by atoms with Gasteiger partial charge in [-0.3, -0.25) is 76.0 Å². The summed E-state index contributed by atoms with van der Waals surface area (Å²) in [5, 5.41) is 9.60. The molecule has 0 unspecified atom stereocenters. The van der Waals surface area contributed by atoms with Crippen LogP contribution in [-0.2, 0) is 47.0 Å². The van der Waals surface area contributed by atoms with E-state index in [9.17, 15) is 86.2 Å². The number of carbonyl (C=O) groups is 10. The first-order chi connectivity index (χ1) is 42.4. The quantitative estimate of drug-likeness (QED) is 0.0146. The lowest BCUT2D eigenvalue weighted by atomic mass is 9.84. The van der Waals surface area contributed by atoms with Crippen molar-refractivity contribution in [2.24, 2.45) is 0 Å². The standard InChI is InChI=1S/C52H80N8O22P4S6/c1-11-87-33-21-27-40-39-28(48(68)59(49(69)41(33)39)31(45(65)53-9)17-13-15-19-55-43(63)29(25-89-91-51(3,4)5)57-35(61)23-37(83(71,72)73)84(74,75)76)22-34(88-12-2)42(40)50(70)60(47(27)67)32(46(66)54-10)18-14-16-20-56-44(64)30(26-90-92-52(6,7)8)58-36(62)24-38(85(77,78)79)86(80,81)82/h21-22,29-32,37-38H,11-20,23-26H2,1-10H3,(H,53,65)(H,54,66)(H,55,63)(H,56,64)(H,57,61)(H,58,62)(H2,71,72,73)(H2,74,75,76)(H2,77,78,79)(H2,80,81,82)/t29-,30-,31-,32-/m0/s1. The number of hydrogen-bond acceptors (Lipinski definition) is 20. The van der Waals surface area contributed by atoms with Crippen molar-refractivity contribution in [1.29, 1.82) is 0 Å². The van der Waals surface area contributed by atoms with Crippen molar-refractivity contribution in [2.75, 3.05) is 50.2 Å². The molecule has 4 atom stereocenters. The number of likely N-dealkylation sites (N-methyl/N-ethyl adjacent to an activating group) is 2. The van der Waals surface area contributed by atoms with E-state index in [2.05, 4.69) is 31.9 Å². The van der Waals surface area contributed by atoms with Gasteiger partial charge in [-0.05, 0) is 62.2 Å². The number of nitrogens with zero attached hydrogens (tertiary/aromatic N) is 2. The summed E-state index contributed by atoms with van der Waals surface area (Å²) >= 11 is 2.26. The normalized spacial score (nSPS) is 15.3. The maximum absolute atomic E-state index is 15.1. The molecule has 30 nitrogen and oxygen atoms in total. The van der Waals surface area contributed by atoms with Gasteiger partial charge in [-0.25, -0.2) is 0 Å². The number of rotatable bonds is 36. The Bertz CT molecular complexity index is 3090. The molecule has 2 aliphatic heterocycles. The van der Waals surface area contributed by atoms with Crippen molar-refractivity contribution in [1.82, 2.24) is 41.7 Å². The number of benzene rings is 2. The lowest BCUT2D eigenvalue weighted by Gasteiger charge is -2.38. The van der Waals surface area contributed by atoms with Crippen molar-refractivity contribution in [2.45, 2.75) is 161 Å². The Morgan fingerprint density at radius 1 is 0.500 bits per heavy atom. The molecule has 0 saturated carbocycles. The molecule has 4 rings (SSSR count). The zero-order chi connectivity index (χ0) is 69.8. The van der Waals surface area contributed by atoms with E-state index in [4.69, 9.17) is 0 Å². The van der Waals surface area contributed by atoms with E-state index < -0.39 is 137 Å². The third-order valence-electron chi connectivity index (χ3n) is 13.5. The maximum atomic E-state index is 15.1. The molecule has 0 spiro atoms. The van der Waals surface area contributed by atoms with Gasteiger partial charge >= 0.3 is 30.4 Å². The summed E-state index contributed by atoms with van der Waals surface area (Å²) in [7, 11) is -14.3. The van der Waals surface area contributed by atoms with E-state index in [1.165, 1.54) is 69.4 Å². The molecule has 10 amide bonds. The highest BCUT2D eigenvalue weighted by atomic mass is 33.1. The van der Waals surface area contributed by atoms with Gasteiger partial charge in [0.25, 0.3) is 23.6 Å². The second kappa shape index (κ2) is 34.1. The van der Waals surface area contributed by atoms with Gasteiger partial charge in [0, 0.05) is 79.9 Å². The van der Waals surface area contributed by atoms with Crippen LogP contribution in [0.15, 0.2) is 21.9 Å². The van der Waals surface area contributed by atoms with Crippen LogP contribution >= 0.6 is 97.1 Å². The lowest BCUT2D eigenvalue weighted by Crippen LogP contribution is -2.55. The third kappa shape index (κ3) is 22.3. The van der Waals surface area contributed by atoms with Gasteiger partial charge in [-0.15, -0.1) is 23.5 Å². The molecule has 0 aliphatic carbocycles. The van der Waals surface area contributed by atoms with Crippen molar-refractivity contribution in [3.05, 3.63) is 34.4 Å². The fraction of sp³-hybridized carbons (Fsp3) is 0.615. The Morgan fingerprint density at radius 2 is 0.815 bits per heavy atom. The van der Waals surface area contributed by atoms with E-state index in [0.717, 1.165) is 33.3 Å². The molecular weight excluding hydrogens is 1400 g/mol. The lowest BCUT2D eigenvalue weighted by molar-refractivity contribution is -0.128. The fourth-order valence-corrected chi connectivity index (χ4v) is 20.8. The molecule has 516 valence electrons. The smallest absolute Gasteiger partial charge is 0.341 e. The Morgan fingerprint density at radius 3 is 1.09 bits per heavy atom. The van der Waals surface area contributed by atoms with Crippen LogP contribution in [0.1, 0.15) is 148 Å². The van der Waals surface area contributed by atoms with E-state index >= 15 is 19.2 Å². The highest BCUT2D eigenvalue weighted by molar-refractivity contribution is 8.77. The number of carbonyl (C=O) groups excluding carboxylic acids is 10. The Balaban J connectivity index is 1.61. The molecule has 0 radical (unpaired) electrons. The fourth-order valence-electron chi connectivity index (χ4n) is 9.45. The molecule has 0 saturated heterocycles. The Kier molecular flexibility index (Phi) is 30.0. The van der Waals surface area contributed by atoms with Gasteiger partial charge in [0.1, 0.15) is 24.2 Å². The minimum atomic E-state index is -5.48. The monoisotopic (exact) mass is 1480 g/mol. The van der Waals surface area contributed by atoms with Crippen LogP contribution in [0.2, 0.25) is 0 Å². The largest absolute Gasteiger partial charge is 0.357 e. The van der Waals surface area contributed by atoms with E-state index in [1.807, 2.05) is 41.5 Å². The minimum Gasteiger partial charge on any atom is -0.357 e. The van der Waals surface area contributed by atoms with Gasteiger partial charge in [-0.1, -0.05) is 98.6 Å². The predicted molar refractivity (Wildman–Crippen MR) is 356 cm³/mol. The third-order valence-corrected chi connectivity index (χ3v) is 29.5. The number of hydrogen-bond donors (Lipinski definition) is 14. The highest BCUT2D eigenvalue weighted by Gasteiger charge is 2.49. The average Bonchev–Trinajstić information content (AvgIpc) is 0.697. The summed E-state index contributed by atoms with van der Waals surface area (Å²) in [4.78, 5) is 220. The molecule has 92 heavy (non-hydrogen) atoms. The molecule has 2 aromatic rings. The molecule has 0 fully saturated rings. The first-order valence-corrected chi connectivity index (χ1v) is 41.9. The van der Waals surface area contributed by atoms with Crippen molar-refractivity contribution < 1.29 is 105 Å². The predicted octanol–water partition coefficient (Wildman–Crippen LogP) is 4.53. The second-order valence-corrected chi connectivity index (χ2v) is 39.9. The van der Waals surface area contributed by atoms with Gasteiger partial charge in [0.05, 0.1) is 24.0 Å². The van der Waals surface area contributed by atoms with Gasteiger partial charge < -0.3 is 71.0 Å². The number of nitrogens with one attached hydrogen (secondary N) is 6. The summed E-state index contributed by atoms with van der Waals surface area (Å²) in [6.45, 7) is 14.6. The van der Waals surface area contributed by atoms with E-state index in [0.29, 0.717) is 11.5 Å². The summed E-state index contributed by atoms with van der Waals surface area (Å²) in [6.07, 6.45) is -2.46. The van der Waals surface area contributed by atoms with Gasteiger partial charge in [0.15, 0.2) is 10.8 Å². The zero-order valence-electron chi connectivity index (χ0n) is 51.9. The van der Waals surface area contributed by atoms with Crippen LogP contribution in [0.3, 0.4) is 0 Å². The zero-order valence-corrected chi connectivity index (χ0v) is 60.4. The van der Waals surface area contributed by atoms with Crippen molar-refractivity contribution >= 4 is 167 Å². The van der Waals surface area contributed by atoms with Crippen molar-refractivity contribution in [3.63, 3.8) is 0 Å². The highest BCUT2D eigenvalue weighted by Crippen LogP contribution is 2.62. The summed E-state index contributed by atoms with van der Waals surface area (Å²) in [5.74, 6) is -8.63. The molecule has 40 heteroatoms. The molecule has 0 aromatic heterocycles. The number of amides is 10. The van der Waals surface area contributed by atoms with Crippen LogP contribution in [0.25, 0.3) is 10.8 Å².